The molecular formula is C12H12N2O. The van der Waals surface area contributed by atoms with Gasteiger partial charge >= 0.3 is 0 Å². The molecule has 0 bridgehead atoms. The van der Waals surface area contributed by atoms with Crippen LogP contribution in [-0.4, -0.2) is 13.0 Å². The molecule has 0 atom stereocenters. The van der Waals surface area contributed by atoms with Crippen molar-refractivity contribution >= 4 is 11.6 Å². The quantitative estimate of drug-likeness (QED) is 0.686. The van der Waals surface area contributed by atoms with Crippen LogP contribution in [0.25, 0.3) is 0 Å². The first-order valence-electron chi connectivity index (χ1n) is 4.50. The van der Waals surface area contributed by atoms with Gasteiger partial charge in [0.1, 0.15) is 6.07 Å². The number of amides is 1. The lowest BCUT2D eigenvalue weighted by molar-refractivity contribution is -0.114. The Morgan fingerprint density at radius 2 is 2.07 bits per heavy atom. The summed E-state index contributed by atoms with van der Waals surface area (Å²) in [6.45, 7) is 5.23. The van der Waals surface area contributed by atoms with Gasteiger partial charge in [-0.15, -0.1) is 0 Å². The number of nitriles is 1. The Hall–Kier alpha value is -2.08. The molecular weight excluding hydrogens is 188 g/mol. The Labute approximate surface area is 89.2 Å². The number of rotatable bonds is 2. The molecule has 0 saturated heterocycles. The fourth-order valence-electron chi connectivity index (χ4n) is 1.26. The third kappa shape index (κ3) is 2.23. The summed E-state index contributed by atoms with van der Waals surface area (Å²) in [6, 6.07) is 9.02. The zero-order valence-electron chi connectivity index (χ0n) is 8.82. The van der Waals surface area contributed by atoms with E-state index in [1.54, 1.807) is 38.2 Å². The maximum absolute atomic E-state index is 11.6. The lowest BCUT2D eigenvalue weighted by Gasteiger charge is -2.18. The van der Waals surface area contributed by atoms with Crippen LogP contribution in [0.1, 0.15) is 12.5 Å². The van der Waals surface area contributed by atoms with Gasteiger partial charge in [-0.1, -0.05) is 18.7 Å². The van der Waals surface area contributed by atoms with Gasteiger partial charge in [0, 0.05) is 12.6 Å². The molecule has 0 aliphatic carbocycles. The van der Waals surface area contributed by atoms with E-state index in [1.165, 1.54) is 4.90 Å². The van der Waals surface area contributed by atoms with Gasteiger partial charge in [-0.05, 0) is 19.1 Å². The standard InChI is InChI=1S/C12H12N2O/c1-9(2)12(15)14(3)11-7-5-4-6-10(11)8-13/h4-7H,1H2,2-3H3. The highest BCUT2D eigenvalue weighted by molar-refractivity contribution is 6.05. The highest BCUT2D eigenvalue weighted by atomic mass is 16.2. The van der Waals surface area contributed by atoms with Gasteiger partial charge in [0.2, 0.25) is 0 Å². The van der Waals surface area contributed by atoms with Crippen molar-refractivity contribution < 1.29 is 4.79 Å². The van der Waals surface area contributed by atoms with Crippen molar-refractivity contribution in [3.05, 3.63) is 42.0 Å². The van der Waals surface area contributed by atoms with Gasteiger partial charge in [0.15, 0.2) is 0 Å². The van der Waals surface area contributed by atoms with Crippen LogP contribution in [0.4, 0.5) is 5.69 Å². The van der Waals surface area contributed by atoms with Crippen molar-refractivity contribution in [2.45, 2.75) is 6.92 Å². The Kier molecular flexibility index (Phi) is 3.25. The topological polar surface area (TPSA) is 44.1 Å². The molecule has 0 N–H and O–H groups in total. The Balaban J connectivity index is 3.12. The van der Waals surface area contributed by atoms with Gasteiger partial charge in [-0.2, -0.15) is 5.26 Å². The fraction of sp³-hybridized carbons (Fsp3) is 0.167. The highest BCUT2D eigenvalue weighted by Crippen LogP contribution is 2.19. The smallest absolute Gasteiger partial charge is 0.253 e. The van der Waals surface area contributed by atoms with Gasteiger partial charge in [0.05, 0.1) is 11.3 Å². The first kappa shape index (κ1) is 11.0. The first-order valence-corrected chi connectivity index (χ1v) is 4.50. The van der Waals surface area contributed by atoms with E-state index < -0.39 is 0 Å². The number of carbonyl (C=O) groups is 1. The molecule has 0 aromatic heterocycles. The molecule has 0 fully saturated rings. The normalized spacial score (nSPS) is 9.13. The minimum Gasteiger partial charge on any atom is -0.310 e. The average molecular weight is 200 g/mol. The lowest BCUT2D eigenvalue weighted by Crippen LogP contribution is -2.27. The van der Waals surface area contributed by atoms with E-state index in [9.17, 15) is 4.79 Å². The number of anilines is 1. The van der Waals surface area contributed by atoms with E-state index in [0.29, 0.717) is 16.8 Å². The fourth-order valence-corrected chi connectivity index (χ4v) is 1.26. The summed E-state index contributed by atoms with van der Waals surface area (Å²) in [6.07, 6.45) is 0. The van der Waals surface area contributed by atoms with Gasteiger partial charge in [-0.25, -0.2) is 0 Å². The molecule has 1 amide bonds. The molecule has 0 unspecified atom stereocenters. The van der Waals surface area contributed by atoms with E-state index in [4.69, 9.17) is 5.26 Å². The Morgan fingerprint density at radius 1 is 1.47 bits per heavy atom. The number of likely N-dealkylation sites (N-methyl/N-ethyl adjacent to an activating group) is 1. The van der Waals surface area contributed by atoms with Crippen molar-refractivity contribution in [3.63, 3.8) is 0 Å². The van der Waals surface area contributed by atoms with Crippen molar-refractivity contribution in [1.29, 1.82) is 5.26 Å². The van der Waals surface area contributed by atoms with Crippen LogP contribution in [0.5, 0.6) is 0 Å². The van der Waals surface area contributed by atoms with Crippen LogP contribution in [0.2, 0.25) is 0 Å². The molecule has 76 valence electrons. The van der Waals surface area contributed by atoms with E-state index in [-0.39, 0.29) is 5.91 Å². The van der Waals surface area contributed by atoms with Crippen molar-refractivity contribution in [2.24, 2.45) is 0 Å². The second kappa shape index (κ2) is 4.43. The lowest BCUT2D eigenvalue weighted by atomic mass is 10.1. The van der Waals surface area contributed by atoms with Crippen molar-refractivity contribution in [1.82, 2.24) is 0 Å². The van der Waals surface area contributed by atoms with Crippen LogP contribution in [0.15, 0.2) is 36.4 Å². The molecule has 3 nitrogen and oxygen atoms in total. The summed E-state index contributed by atoms with van der Waals surface area (Å²) in [7, 11) is 1.63. The third-order valence-corrected chi connectivity index (χ3v) is 2.06. The second-order valence-electron chi connectivity index (χ2n) is 3.27. The van der Waals surface area contributed by atoms with Crippen LogP contribution in [-0.2, 0) is 4.79 Å². The molecule has 1 aromatic carbocycles. The van der Waals surface area contributed by atoms with Crippen LogP contribution < -0.4 is 4.90 Å². The zero-order chi connectivity index (χ0) is 11.4. The largest absolute Gasteiger partial charge is 0.310 e. The van der Waals surface area contributed by atoms with Gasteiger partial charge in [-0.3, -0.25) is 4.79 Å². The number of nitrogens with zero attached hydrogens (tertiary/aromatic N) is 2. The first-order chi connectivity index (χ1) is 7.07. The van der Waals surface area contributed by atoms with E-state index in [1.807, 2.05) is 6.07 Å². The maximum atomic E-state index is 11.6. The van der Waals surface area contributed by atoms with Gasteiger partial charge in [0.25, 0.3) is 5.91 Å². The minimum absolute atomic E-state index is 0.183. The predicted octanol–water partition coefficient (Wildman–Crippen LogP) is 2.10. The molecule has 0 saturated carbocycles. The summed E-state index contributed by atoms with van der Waals surface area (Å²) in [5.41, 5.74) is 1.54. The monoisotopic (exact) mass is 200 g/mol. The number of hydrogen-bond donors (Lipinski definition) is 0. The predicted molar refractivity (Wildman–Crippen MR) is 59.4 cm³/mol. The molecule has 0 heterocycles. The van der Waals surface area contributed by atoms with Crippen molar-refractivity contribution in [3.8, 4) is 6.07 Å². The molecule has 3 heteroatoms. The number of hydrogen-bond acceptors (Lipinski definition) is 2. The molecule has 0 radical (unpaired) electrons. The summed E-state index contributed by atoms with van der Waals surface area (Å²) in [4.78, 5) is 13.1. The summed E-state index contributed by atoms with van der Waals surface area (Å²) < 4.78 is 0. The number of carbonyl (C=O) groups excluding carboxylic acids is 1. The molecule has 0 aliphatic rings. The molecule has 0 spiro atoms. The van der Waals surface area contributed by atoms with Crippen LogP contribution in [0.3, 0.4) is 0 Å². The number of benzene rings is 1. The molecule has 1 aromatic rings. The summed E-state index contributed by atoms with van der Waals surface area (Å²) in [5.74, 6) is -0.183. The van der Waals surface area contributed by atoms with E-state index in [2.05, 4.69) is 6.58 Å². The number of para-hydroxylation sites is 1. The third-order valence-electron chi connectivity index (χ3n) is 2.06. The summed E-state index contributed by atoms with van der Waals surface area (Å²) in [5, 5.41) is 8.88. The summed E-state index contributed by atoms with van der Waals surface area (Å²) >= 11 is 0. The minimum atomic E-state index is -0.183. The van der Waals surface area contributed by atoms with E-state index >= 15 is 0 Å². The highest BCUT2D eigenvalue weighted by Gasteiger charge is 2.13. The SMILES string of the molecule is C=C(C)C(=O)N(C)c1ccccc1C#N. The Bertz CT molecular complexity index is 443. The molecule has 1 rings (SSSR count). The van der Waals surface area contributed by atoms with Crippen LogP contribution >= 0.6 is 0 Å². The molecule has 0 aliphatic heterocycles. The van der Waals surface area contributed by atoms with Crippen molar-refractivity contribution in [2.75, 3.05) is 11.9 Å². The second-order valence-corrected chi connectivity index (χ2v) is 3.27. The van der Waals surface area contributed by atoms with Crippen LogP contribution in [0, 0.1) is 11.3 Å². The van der Waals surface area contributed by atoms with E-state index in [0.717, 1.165) is 0 Å². The van der Waals surface area contributed by atoms with Gasteiger partial charge < -0.3 is 4.90 Å². The Morgan fingerprint density at radius 3 is 2.60 bits per heavy atom. The average Bonchev–Trinajstić information content (AvgIpc) is 2.26. The molecule has 15 heavy (non-hydrogen) atoms. The zero-order valence-corrected chi connectivity index (χ0v) is 8.82. The maximum Gasteiger partial charge on any atom is 0.253 e.